The lowest BCUT2D eigenvalue weighted by Gasteiger charge is -2.10. The number of nitrogens with two attached hydrogens (primary N) is 1. The molecule has 0 amide bonds. The number of aliphatic hydroxyl groups excluding tert-OH is 1. The summed E-state index contributed by atoms with van der Waals surface area (Å²) in [5, 5.41) is 19.2. The number of hydrogen-bond donors (Lipinski definition) is 3. The van der Waals surface area contributed by atoms with E-state index in [0.717, 1.165) is 23.9 Å². The summed E-state index contributed by atoms with van der Waals surface area (Å²) in [5.74, 6) is 0. The average molecular weight is 433 g/mol. The Morgan fingerprint density at radius 1 is 0.781 bits per heavy atom. The highest BCUT2D eigenvalue weighted by atomic mass is 16.4. The van der Waals surface area contributed by atoms with Crippen molar-refractivity contribution in [1.82, 2.24) is 19.9 Å². The van der Waals surface area contributed by atoms with Crippen molar-refractivity contribution in [3.8, 4) is 0 Å². The Morgan fingerprint density at radius 3 is 1.84 bits per heavy atom. The molecule has 0 aliphatic carbocycles. The highest BCUT2D eigenvalue weighted by molar-refractivity contribution is 6.11. The van der Waals surface area contributed by atoms with Gasteiger partial charge in [0.05, 0.1) is 17.4 Å². The maximum absolute atomic E-state index is 8.96. The molecule has 0 aliphatic rings. The number of aliphatic hydroxyl groups is 1. The fraction of sp³-hybridized carbons (Fsp3) is 0.125. The first kappa shape index (κ1) is 26.0. The quantitative estimate of drug-likeness (QED) is 0.256. The zero-order valence-electron chi connectivity index (χ0n) is 17.0. The second-order valence-corrected chi connectivity index (χ2v) is 5.91. The van der Waals surface area contributed by atoms with Crippen LogP contribution in [0.2, 0.25) is 0 Å². The van der Waals surface area contributed by atoms with Crippen molar-refractivity contribution in [2.45, 2.75) is 13.5 Å². The van der Waals surface area contributed by atoms with Crippen molar-refractivity contribution >= 4 is 5.71 Å². The van der Waals surface area contributed by atoms with Crippen LogP contribution in [0, 0.1) is 0 Å². The van der Waals surface area contributed by atoms with Gasteiger partial charge in [0.2, 0.25) is 0 Å². The van der Waals surface area contributed by atoms with Gasteiger partial charge in [-0.05, 0) is 54.1 Å². The van der Waals surface area contributed by atoms with E-state index in [-0.39, 0.29) is 13.5 Å². The molecule has 0 fully saturated rings. The van der Waals surface area contributed by atoms with Gasteiger partial charge in [0, 0.05) is 49.9 Å². The van der Waals surface area contributed by atoms with Crippen LogP contribution in [-0.4, -0.2) is 43.1 Å². The number of oxime groups is 1. The van der Waals surface area contributed by atoms with Gasteiger partial charge in [0.25, 0.3) is 0 Å². The van der Waals surface area contributed by atoms with E-state index in [9.17, 15) is 0 Å². The van der Waals surface area contributed by atoms with Crippen molar-refractivity contribution in [1.29, 1.82) is 0 Å². The lowest BCUT2D eigenvalue weighted by atomic mass is 10.1. The Bertz CT molecular complexity index is 936. The molecule has 4 aromatic rings. The summed E-state index contributed by atoms with van der Waals surface area (Å²) in [6.07, 6.45) is 10.2. The van der Waals surface area contributed by atoms with Gasteiger partial charge in [-0.25, -0.2) is 0 Å². The molecule has 4 N–H and O–H groups in total. The van der Waals surface area contributed by atoms with Gasteiger partial charge in [0.15, 0.2) is 0 Å². The lowest BCUT2D eigenvalue weighted by Crippen LogP contribution is -2.13. The summed E-state index contributed by atoms with van der Waals surface area (Å²) in [5.41, 5.74) is 9.78. The third-order valence-corrected chi connectivity index (χ3v) is 4.03. The van der Waals surface area contributed by atoms with E-state index in [0.29, 0.717) is 11.4 Å². The van der Waals surface area contributed by atoms with E-state index in [2.05, 4.69) is 25.1 Å². The molecule has 0 aliphatic heterocycles. The molecular formula is C24H28N6O2. The van der Waals surface area contributed by atoms with Crippen molar-refractivity contribution in [2.75, 3.05) is 7.11 Å². The predicted octanol–water partition coefficient (Wildman–Crippen LogP) is 3.47. The maximum atomic E-state index is 8.96. The van der Waals surface area contributed by atoms with Crippen LogP contribution in [-0.2, 0) is 0 Å². The molecule has 0 spiro atoms. The molecule has 166 valence electrons. The molecule has 0 aromatic carbocycles. The molecule has 0 saturated heterocycles. The van der Waals surface area contributed by atoms with Crippen molar-refractivity contribution < 1.29 is 10.3 Å². The molecule has 4 rings (SSSR count). The topological polar surface area (TPSA) is 130 Å². The van der Waals surface area contributed by atoms with Gasteiger partial charge in [-0.2, -0.15) is 0 Å². The van der Waals surface area contributed by atoms with E-state index in [1.54, 1.807) is 55.4 Å². The Balaban J connectivity index is 0.000000289. The second kappa shape index (κ2) is 14.9. The van der Waals surface area contributed by atoms with E-state index in [1.807, 2.05) is 42.5 Å². The van der Waals surface area contributed by atoms with E-state index < -0.39 is 0 Å². The summed E-state index contributed by atoms with van der Waals surface area (Å²) >= 11 is 0. The molecule has 4 heterocycles. The first-order chi connectivity index (χ1) is 15.3. The fourth-order valence-corrected chi connectivity index (χ4v) is 2.57. The molecule has 0 saturated carbocycles. The Morgan fingerprint density at radius 2 is 1.34 bits per heavy atom. The van der Waals surface area contributed by atoms with E-state index in [1.165, 1.54) is 0 Å². The van der Waals surface area contributed by atoms with Gasteiger partial charge < -0.3 is 16.0 Å². The molecule has 1 unspecified atom stereocenters. The summed E-state index contributed by atoms with van der Waals surface area (Å²) in [6, 6.07) is 18.3. The number of rotatable bonds is 4. The number of aromatic nitrogens is 4. The Hall–Kier alpha value is -4.01. The molecule has 0 bridgehead atoms. The summed E-state index contributed by atoms with van der Waals surface area (Å²) < 4.78 is 0. The molecule has 8 heteroatoms. The lowest BCUT2D eigenvalue weighted by molar-refractivity contribution is 0.319. The molecule has 0 radical (unpaired) electrons. The molecule has 4 aromatic heterocycles. The van der Waals surface area contributed by atoms with E-state index in [4.69, 9.17) is 16.0 Å². The zero-order valence-corrected chi connectivity index (χ0v) is 17.0. The third-order valence-electron chi connectivity index (χ3n) is 4.03. The van der Waals surface area contributed by atoms with Crippen molar-refractivity contribution in [3.05, 3.63) is 120 Å². The monoisotopic (exact) mass is 432 g/mol. The summed E-state index contributed by atoms with van der Waals surface area (Å²) in [7, 11) is 1.00. The third kappa shape index (κ3) is 7.67. The average Bonchev–Trinajstić information content (AvgIpc) is 2.88. The van der Waals surface area contributed by atoms with Crippen LogP contribution in [0.1, 0.15) is 36.0 Å². The molecule has 8 nitrogen and oxygen atoms in total. The number of hydrogen-bond acceptors (Lipinski definition) is 8. The van der Waals surface area contributed by atoms with Crippen LogP contribution in [0.3, 0.4) is 0 Å². The molecule has 32 heavy (non-hydrogen) atoms. The van der Waals surface area contributed by atoms with Crippen LogP contribution in [0.4, 0.5) is 0 Å². The minimum Gasteiger partial charge on any atom is -0.410 e. The van der Waals surface area contributed by atoms with Crippen molar-refractivity contribution in [2.24, 2.45) is 10.9 Å². The van der Waals surface area contributed by atoms with Gasteiger partial charge in [-0.1, -0.05) is 24.7 Å². The Labute approximate surface area is 188 Å². The highest BCUT2D eigenvalue weighted by Gasteiger charge is 2.08. The zero-order chi connectivity index (χ0) is 22.3. The summed E-state index contributed by atoms with van der Waals surface area (Å²) in [6.45, 7) is 0. The van der Waals surface area contributed by atoms with Crippen molar-refractivity contribution in [3.63, 3.8) is 0 Å². The fourth-order valence-electron chi connectivity index (χ4n) is 2.57. The van der Waals surface area contributed by atoms with Gasteiger partial charge >= 0.3 is 0 Å². The van der Waals surface area contributed by atoms with Crippen LogP contribution >= 0.6 is 0 Å². The van der Waals surface area contributed by atoms with Crippen LogP contribution < -0.4 is 5.73 Å². The van der Waals surface area contributed by atoms with Gasteiger partial charge in [-0.3, -0.25) is 19.9 Å². The first-order valence-corrected chi connectivity index (χ1v) is 9.34. The molecule has 1 atom stereocenters. The maximum Gasteiger partial charge on any atom is 0.135 e. The largest absolute Gasteiger partial charge is 0.410 e. The first-order valence-electron chi connectivity index (χ1n) is 9.34. The van der Waals surface area contributed by atoms with Gasteiger partial charge in [-0.15, -0.1) is 0 Å². The van der Waals surface area contributed by atoms with E-state index >= 15 is 0 Å². The minimum absolute atomic E-state index is 0. The minimum atomic E-state index is -0.167. The number of nitrogens with zero attached hydrogens (tertiary/aromatic N) is 5. The van der Waals surface area contributed by atoms with Crippen LogP contribution in [0.15, 0.2) is 103 Å². The van der Waals surface area contributed by atoms with Crippen LogP contribution in [0.25, 0.3) is 0 Å². The van der Waals surface area contributed by atoms with Gasteiger partial charge in [0.1, 0.15) is 5.71 Å². The molecular weight excluding hydrogens is 404 g/mol. The summed E-state index contributed by atoms with van der Waals surface area (Å²) in [4.78, 5) is 16.2. The SMILES string of the molecule is C.CO.NC(c1ccncc1)c1ccccn1.O/N=C(/c1ccncc1)c1ccccn1. The predicted molar refractivity (Wildman–Crippen MR) is 125 cm³/mol. The highest BCUT2D eigenvalue weighted by Crippen LogP contribution is 2.15. The Kier molecular flexibility index (Phi) is 12.1. The smallest absolute Gasteiger partial charge is 0.135 e. The van der Waals surface area contributed by atoms with Crippen LogP contribution in [0.5, 0.6) is 0 Å². The second-order valence-electron chi connectivity index (χ2n) is 5.91. The normalized spacial score (nSPS) is 10.9. The standard InChI is InChI=1S/C11H9N3O.C11H11N3.CH4O.CH4/c15-14-11(9-4-7-12-8-5-9)10-3-1-2-6-13-10;12-11(9-4-7-13-8-5-9)10-3-1-2-6-14-10;1-2;/h1-8,15H;1-8,11H,12H2;2H,1H3;1H4/b14-11-;;;. The number of pyridine rings is 4.